The van der Waals surface area contributed by atoms with Crippen molar-refractivity contribution in [1.82, 2.24) is 10.3 Å². The predicted molar refractivity (Wildman–Crippen MR) is 57.4 cm³/mol. The third-order valence-electron chi connectivity index (χ3n) is 1.74. The van der Waals surface area contributed by atoms with Gasteiger partial charge in [0.25, 0.3) is 5.91 Å². The second-order valence-corrected chi connectivity index (χ2v) is 3.81. The number of rotatable bonds is 4. The van der Waals surface area contributed by atoms with E-state index in [0.29, 0.717) is 0 Å². The van der Waals surface area contributed by atoms with Crippen molar-refractivity contribution in [1.29, 1.82) is 0 Å². The Kier molecular flexibility index (Phi) is 4.67. The number of nitrogens with one attached hydrogen (secondary N) is 1. The van der Waals surface area contributed by atoms with Crippen LogP contribution in [0.4, 0.5) is 0 Å². The summed E-state index contributed by atoms with van der Waals surface area (Å²) in [5.41, 5.74) is 0.241. The van der Waals surface area contributed by atoms with Gasteiger partial charge in [-0.25, -0.2) is 4.98 Å². The number of hydrogen-bond acceptors (Lipinski definition) is 4. The number of aliphatic hydroxyl groups is 2. The first kappa shape index (κ1) is 12.1. The zero-order valence-electron chi connectivity index (χ0n) is 7.85. The van der Waals surface area contributed by atoms with E-state index < -0.39 is 11.9 Å². The van der Waals surface area contributed by atoms with E-state index in [9.17, 15) is 4.79 Å². The molecule has 0 aromatic carbocycles. The first-order valence-corrected chi connectivity index (χ1v) is 5.10. The van der Waals surface area contributed by atoms with Crippen LogP contribution in [-0.2, 0) is 0 Å². The van der Waals surface area contributed by atoms with E-state index in [1.807, 2.05) is 0 Å². The third-order valence-corrected chi connectivity index (χ3v) is 2.21. The number of pyridine rings is 1. The maximum atomic E-state index is 11.5. The molecule has 0 saturated carbocycles. The summed E-state index contributed by atoms with van der Waals surface area (Å²) in [6.45, 7) is -0.614. The fourth-order valence-electron chi connectivity index (χ4n) is 0.918. The first-order chi connectivity index (χ1) is 7.17. The Hall–Kier alpha value is -0.980. The topological polar surface area (TPSA) is 82.5 Å². The van der Waals surface area contributed by atoms with E-state index in [1.165, 1.54) is 6.20 Å². The number of hydrogen-bond donors (Lipinski definition) is 3. The number of aliphatic hydroxyl groups excluding tert-OH is 2. The molecule has 15 heavy (non-hydrogen) atoms. The molecule has 0 fully saturated rings. The summed E-state index contributed by atoms with van der Waals surface area (Å²) >= 11 is 3.20. The molecule has 0 spiro atoms. The molecule has 1 amide bonds. The molecule has 1 rings (SSSR count). The molecule has 1 aromatic rings. The highest BCUT2D eigenvalue weighted by atomic mass is 79.9. The van der Waals surface area contributed by atoms with Crippen LogP contribution in [0.25, 0.3) is 0 Å². The standard InChI is InChI=1S/C9H11BrN2O3/c10-6-1-2-8(11-3-6)9(15)12-7(4-13)5-14/h1-3,7,13-14H,4-5H2,(H,12,15). The maximum Gasteiger partial charge on any atom is 0.270 e. The molecule has 82 valence electrons. The highest BCUT2D eigenvalue weighted by Crippen LogP contribution is 2.07. The number of halogens is 1. The van der Waals surface area contributed by atoms with Gasteiger partial charge < -0.3 is 15.5 Å². The molecular formula is C9H11BrN2O3. The fourth-order valence-corrected chi connectivity index (χ4v) is 1.15. The van der Waals surface area contributed by atoms with Gasteiger partial charge in [-0.2, -0.15) is 0 Å². The molecule has 0 aliphatic rings. The van der Waals surface area contributed by atoms with Crippen molar-refractivity contribution < 1.29 is 15.0 Å². The molecule has 5 nitrogen and oxygen atoms in total. The Bertz CT molecular complexity index is 325. The molecule has 0 unspecified atom stereocenters. The molecule has 0 saturated heterocycles. The van der Waals surface area contributed by atoms with Crippen LogP contribution < -0.4 is 5.32 Å². The highest BCUT2D eigenvalue weighted by Gasteiger charge is 2.12. The smallest absolute Gasteiger partial charge is 0.270 e. The van der Waals surface area contributed by atoms with Gasteiger partial charge in [0.2, 0.25) is 0 Å². The number of carbonyl (C=O) groups excluding carboxylic acids is 1. The quantitative estimate of drug-likeness (QED) is 0.718. The molecule has 0 bridgehead atoms. The van der Waals surface area contributed by atoms with Crippen LogP contribution in [0.2, 0.25) is 0 Å². The minimum Gasteiger partial charge on any atom is -0.394 e. The lowest BCUT2D eigenvalue weighted by Crippen LogP contribution is -2.40. The molecule has 1 heterocycles. The molecule has 6 heteroatoms. The van der Waals surface area contributed by atoms with Gasteiger partial charge >= 0.3 is 0 Å². The van der Waals surface area contributed by atoms with E-state index in [2.05, 4.69) is 26.2 Å². The number of aromatic nitrogens is 1. The maximum absolute atomic E-state index is 11.5. The molecule has 3 N–H and O–H groups in total. The molecule has 0 atom stereocenters. The Morgan fingerprint density at radius 1 is 1.47 bits per heavy atom. The van der Waals surface area contributed by atoms with Crippen molar-refractivity contribution in [3.05, 3.63) is 28.5 Å². The Balaban J connectivity index is 2.64. The largest absolute Gasteiger partial charge is 0.394 e. The zero-order chi connectivity index (χ0) is 11.3. The fraction of sp³-hybridized carbons (Fsp3) is 0.333. The number of carbonyl (C=O) groups is 1. The van der Waals surface area contributed by atoms with Crippen LogP contribution in [0, 0.1) is 0 Å². The molecule has 1 aromatic heterocycles. The number of amides is 1. The summed E-state index contributed by atoms with van der Waals surface area (Å²) in [5, 5.41) is 20.0. The van der Waals surface area contributed by atoms with Gasteiger partial charge in [-0.05, 0) is 28.1 Å². The number of nitrogens with zero attached hydrogens (tertiary/aromatic N) is 1. The molecule has 0 radical (unpaired) electrons. The van der Waals surface area contributed by atoms with Crippen molar-refractivity contribution in [3.63, 3.8) is 0 Å². The van der Waals surface area contributed by atoms with Crippen molar-refractivity contribution in [2.24, 2.45) is 0 Å². The Labute approximate surface area is 95.3 Å². The Morgan fingerprint density at radius 3 is 2.60 bits per heavy atom. The van der Waals surface area contributed by atoms with Gasteiger partial charge in [-0.15, -0.1) is 0 Å². The Morgan fingerprint density at radius 2 is 2.13 bits per heavy atom. The van der Waals surface area contributed by atoms with Crippen LogP contribution >= 0.6 is 15.9 Å². The van der Waals surface area contributed by atoms with Crippen molar-refractivity contribution >= 4 is 21.8 Å². The first-order valence-electron chi connectivity index (χ1n) is 4.31. The van der Waals surface area contributed by atoms with Crippen LogP contribution in [0.1, 0.15) is 10.5 Å². The van der Waals surface area contributed by atoms with E-state index >= 15 is 0 Å². The van der Waals surface area contributed by atoms with Crippen LogP contribution in [0.3, 0.4) is 0 Å². The van der Waals surface area contributed by atoms with Crippen LogP contribution in [-0.4, -0.2) is 40.4 Å². The normalized spacial score (nSPS) is 10.4. The van der Waals surface area contributed by atoms with Gasteiger partial charge in [0.15, 0.2) is 0 Å². The van der Waals surface area contributed by atoms with Crippen molar-refractivity contribution in [2.45, 2.75) is 6.04 Å². The minimum atomic E-state index is -0.650. The average Bonchev–Trinajstić information content (AvgIpc) is 2.26. The lowest BCUT2D eigenvalue weighted by Gasteiger charge is -2.12. The van der Waals surface area contributed by atoms with Crippen LogP contribution in [0.5, 0.6) is 0 Å². The average molecular weight is 275 g/mol. The van der Waals surface area contributed by atoms with Crippen molar-refractivity contribution in [2.75, 3.05) is 13.2 Å². The van der Waals surface area contributed by atoms with E-state index in [4.69, 9.17) is 10.2 Å². The van der Waals surface area contributed by atoms with Gasteiger partial charge in [0.05, 0.1) is 19.3 Å². The van der Waals surface area contributed by atoms with Gasteiger partial charge in [-0.1, -0.05) is 0 Å². The molecule has 0 aliphatic carbocycles. The van der Waals surface area contributed by atoms with Crippen molar-refractivity contribution in [3.8, 4) is 0 Å². The van der Waals surface area contributed by atoms with E-state index in [0.717, 1.165) is 4.47 Å². The summed E-state index contributed by atoms with van der Waals surface area (Å²) in [6, 6.07) is 2.59. The summed E-state index contributed by atoms with van der Waals surface area (Å²) in [6.07, 6.45) is 1.50. The monoisotopic (exact) mass is 274 g/mol. The van der Waals surface area contributed by atoms with Gasteiger partial charge in [0.1, 0.15) is 5.69 Å². The summed E-state index contributed by atoms with van der Waals surface area (Å²) < 4.78 is 0.778. The van der Waals surface area contributed by atoms with E-state index in [1.54, 1.807) is 12.1 Å². The lowest BCUT2D eigenvalue weighted by molar-refractivity contribution is 0.0874. The van der Waals surface area contributed by atoms with Gasteiger partial charge in [-0.3, -0.25) is 4.79 Å². The molecule has 0 aliphatic heterocycles. The zero-order valence-corrected chi connectivity index (χ0v) is 9.44. The summed E-state index contributed by atoms with van der Waals surface area (Å²) in [4.78, 5) is 15.4. The highest BCUT2D eigenvalue weighted by molar-refractivity contribution is 9.10. The summed E-state index contributed by atoms with van der Waals surface area (Å²) in [7, 11) is 0. The second-order valence-electron chi connectivity index (χ2n) is 2.90. The lowest BCUT2D eigenvalue weighted by atomic mass is 10.3. The minimum absolute atomic E-state index is 0.241. The third kappa shape index (κ3) is 3.58. The SMILES string of the molecule is O=C(NC(CO)CO)c1ccc(Br)cn1. The van der Waals surface area contributed by atoms with Crippen LogP contribution in [0.15, 0.2) is 22.8 Å². The van der Waals surface area contributed by atoms with E-state index in [-0.39, 0.29) is 18.9 Å². The molecular weight excluding hydrogens is 264 g/mol. The second kappa shape index (κ2) is 5.79. The van der Waals surface area contributed by atoms with Gasteiger partial charge in [0, 0.05) is 10.7 Å². The summed E-state index contributed by atoms with van der Waals surface area (Å²) in [5.74, 6) is -0.421. The predicted octanol–water partition coefficient (Wildman–Crippen LogP) is -0.0729.